The number of hydrogen-bond donors (Lipinski definition) is 1. The Hall–Kier alpha value is -3.22. The number of carbonyl (C=O) groups excluding carboxylic acids is 3. The highest BCUT2D eigenvalue weighted by Gasteiger charge is 2.21. The molecule has 3 amide bonds. The first kappa shape index (κ1) is 19.5. The maximum absolute atomic E-state index is 13.6. The van der Waals surface area contributed by atoms with Crippen molar-refractivity contribution in [3.63, 3.8) is 0 Å². The lowest BCUT2D eigenvalue weighted by atomic mass is 10.1. The van der Waals surface area contributed by atoms with E-state index in [1.54, 1.807) is 52.3 Å². The van der Waals surface area contributed by atoms with E-state index in [-0.39, 0.29) is 17.6 Å². The second kappa shape index (κ2) is 9.12. The van der Waals surface area contributed by atoms with Crippen LogP contribution >= 0.6 is 0 Å². The Morgan fingerprint density at radius 1 is 0.964 bits per heavy atom. The Kier molecular flexibility index (Phi) is 6.37. The summed E-state index contributed by atoms with van der Waals surface area (Å²) in [7, 11) is 0. The minimum atomic E-state index is -0.284. The zero-order chi connectivity index (χ0) is 19.9. The third-order valence-corrected chi connectivity index (χ3v) is 4.78. The molecule has 1 aliphatic rings. The summed E-state index contributed by atoms with van der Waals surface area (Å²) in [5.41, 5.74) is 1.50. The summed E-state index contributed by atoms with van der Waals surface area (Å²) in [5, 5.41) is 2.76. The van der Waals surface area contributed by atoms with Crippen LogP contribution in [0, 0.1) is 5.82 Å². The van der Waals surface area contributed by atoms with Crippen LogP contribution in [0.15, 0.2) is 48.5 Å². The number of benzene rings is 2. The fraction of sp³-hybridized carbons (Fsp3) is 0.286. The van der Waals surface area contributed by atoms with Crippen LogP contribution in [-0.4, -0.2) is 60.7 Å². The molecule has 6 nitrogen and oxygen atoms in total. The molecule has 1 fully saturated rings. The second-order valence-corrected chi connectivity index (χ2v) is 6.61. The van der Waals surface area contributed by atoms with Gasteiger partial charge in [0.2, 0.25) is 6.41 Å². The minimum Gasteiger partial charge on any atom is -0.352 e. The van der Waals surface area contributed by atoms with E-state index < -0.39 is 0 Å². The lowest BCUT2D eigenvalue weighted by Crippen LogP contribution is -2.48. The highest BCUT2D eigenvalue weighted by atomic mass is 19.1. The Balaban J connectivity index is 1.52. The van der Waals surface area contributed by atoms with E-state index in [0.717, 1.165) is 6.41 Å². The normalized spacial score (nSPS) is 13.9. The average Bonchev–Trinajstić information content (AvgIpc) is 2.74. The van der Waals surface area contributed by atoms with Crippen molar-refractivity contribution < 1.29 is 18.8 Å². The maximum Gasteiger partial charge on any atom is 0.253 e. The molecule has 0 saturated carbocycles. The molecule has 0 aromatic heterocycles. The van der Waals surface area contributed by atoms with Gasteiger partial charge in [0.1, 0.15) is 5.82 Å². The highest BCUT2D eigenvalue weighted by molar-refractivity contribution is 5.97. The van der Waals surface area contributed by atoms with Crippen molar-refractivity contribution in [1.82, 2.24) is 15.1 Å². The van der Waals surface area contributed by atoms with Gasteiger partial charge in [-0.25, -0.2) is 4.39 Å². The van der Waals surface area contributed by atoms with Crippen LogP contribution in [0.5, 0.6) is 0 Å². The van der Waals surface area contributed by atoms with Crippen LogP contribution in [0.3, 0.4) is 0 Å². The molecular formula is C21H22FN3O3. The molecular weight excluding hydrogens is 361 g/mol. The third kappa shape index (κ3) is 4.73. The molecule has 1 aliphatic heterocycles. The van der Waals surface area contributed by atoms with Crippen LogP contribution in [0.1, 0.15) is 26.3 Å². The van der Waals surface area contributed by atoms with Gasteiger partial charge in [-0.05, 0) is 42.3 Å². The Morgan fingerprint density at radius 3 is 2.25 bits per heavy atom. The van der Waals surface area contributed by atoms with Crippen molar-refractivity contribution in [3.8, 4) is 0 Å². The van der Waals surface area contributed by atoms with E-state index in [1.807, 2.05) is 0 Å². The second-order valence-electron chi connectivity index (χ2n) is 6.61. The molecule has 0 bridgehead atoms. The number of carbonyl (C=O) groups is 3. The first-order chi connectivity index (χ1) is 13.6. The largest absolute Gasteiger partial charge is 0.352 e. The molecule has 0 aliphatic carbocycles. The van der Waals surface area contributed by atoms with Crippen molar-refractivity contribution in [1.29, 1.82) is 0 Å². The van der Waals surface area contributed by atoms with E-state index in [9.17, 15) is 18.8 Å². The summed E-state index contributed by atoms with van der Waals surface area (Å²) in [6, 6.07) is 12.9. The minimum absolute atomic E-state index is 0.114. The lowest BCUT2D eigenvalue weighted by molar-refractivity contribution is -0.119. The molecule has 0 radical (unpaired) electrons. The first-order valence-corrected chi connectivity index (χ1v) is 9.19. The van der Waals surface area contributed by atoms with E-state index in [2.05, 4.69) is 5.32 Å². The summed E-state index contributed by atoms with van der Waals surface area (Å²) in [6.07, 6.45) is 1.20. The van der Waals surface area contributed by atoms with Crippen LogP contribution < -0.4 is 5.32 Å². The van der Waals surface area contributed by atoms with Crippen molar-refractivity contribution in [2.45, 2.75) is 6.42 Å². The molecule has 2 aromatic carbocycles. The van der Waals surface area contributed by atoms with Crippen LogP contribution in [0.4, 0.5) is 4.39 Å². The van der Waals surface area contributed by atoms with Gasteiger partial charge in [-0.2, -0.15) is 0 Å². The molecule has 3 rings (SSSR count). The smallest absolute Gasteiger partial charge is 0.253 e. The van der Waals surface area contributed by atoms with E-state index in [4.69, 9.17) is 0 Å². The predicted octanol–water partition coefficient (Wildman–Crippen LogP) is 1.71. The number of piperazine rings is 1. The Morgan fingerprint density at radius 2 is 1.61 bits per heavy atom. The quantitative estimate of drug-likeness (QED) is 0.772. The van der Waals surface area contributed by atoms with Crippen molar-refractivity contribution in [2.75, 3.05) is 32.7 Å². The first-order valence-electron chi connectivity index (χ1n) is 9.19. The number of nitrogens with zero attached hydrogens (tertiary/aromatic N) is 2. The van der Waals surface area contributed by atoms with Gasteiger partial charge in [0.25, 0.3) is 11.8 Å². The summed E-state index contributed by atoms with van der Waals surface area (Å²) in [4.78, 5) is 38.8. The zero-order valence-corrected chi connectivity index (χ0v) is 15.4. The van der Waals surface area contributed by atoms with E-state index >= 15 is 0 Å². The van der Waals surface area contributed by atoms with Crippen molar-refractivity contribution in [2.24, 2.45) is 0 Å². The predicted molar refractivity (Wildman–Crippen MR) is 102 cm³/mol. The van der Waals surface area contributed by atoms with E-state index in [0.29, 0.717) is 55.8 Å². The van der Waals surface area contributed by atoms with Gasteiger partial charge in [-0.1, -0.05) is 18.2 Å². The number of hydrogen-bond acceptors (Lipinski definition) is 3. The highest BCUT2D eigenvalue weighted by Crippen LogP contribution is 2.11. The van der Waals surface area contributed by atoms with Gasteiger partial charge in [-0.3, -0.25) is 14.4 Å². The van der Waals surface area contributed by atoms with E-state index in [1.165, 1.54) is 6.07 Å². The topological polar surface area (TPSA) is 69.7 Å². The summed E-state index contributed by atoms with van der Waals surface area (Å²) in [6.45, 7) is 2.36. The average molecular weight is 383 g/mol. The fourth-order valence-electron chi connectivity index (χ4n) is 3.09. The fourth-order valence-corrected chi connectivity index (χ4v) is 3.09. The van der Waals surface area contributed by atoms with Gasteiger partial charge in [0, 0.05) is 43.9 Å². The molecule has 146 valence electrons. The standard InChI is InChI=1S/C21H22FN3O3/c22-19-4-2-1-3-16(19)9-10-23-20(27)17-5-7-18(8-6-17)21(28)25-13-11-24(15-26)12-14-25/h1-8,15H,9-14H2,(H,23,27). The summed E-state index contributed by atoms with van der Waals surface area (Å²) >= 11 is 0. The Bertz CT molecular complexity index is 846. The zero-order valence-electron chi connectivity index (χ0n) is 15.4. The van der Waals surface area contributed by atoms with Crippen LogP contribution in [-0.2, 0) is 11.2 Å². The number of halogens is 1. The molecule has 2 aromatic rings. The van der Waals surface area contributed by atoms with Crippen molar-refractivity contribution in [3.05, 3.63) is 71.0 Å². The maximum atomic E-state index is 13.6. The van der Waals surface area contributed by atoms with Gasteiger partial charge < -0.3 is 15.1 Å². The van der Waals surface area contributed by atoms with Gasteiger partial charge >= 0.3 is 0 Å². The number of nitrogens with one attached hydrogen (secondary N) is 1. The molecule has 0 atom stereocenters. The summed E-state index contributed by atoms with van der Waals surface area (Å²) < 4.78 is 13.6. The third-order valence-electron chi connectivity index (χ3n) is 4.78. The van der Waals surface area contributed by atoms with Crippen LogP contribution in [0.25, 0.3) is 0 Å². The van der Waals surface area contributed by atoms with Crippen molar-refractivity contribution >= 4 is 18.2 Å². The Labute approximate surface area is 162 Å². The van der Waals surface area contributed by atoms with Gasteiger partial charge in [-0.15, -0.1) is 0 Å². The number of rotatable bonds is 6. The van der Waals surface area contributed by atoms with Gasteiger partial charge in [0.05, 0.1) is 0 Å². The molecule has 28 heavy (non-hydrogen) atoms. The molecule has 1 N–H and O–H groups in total. The molecule has 1 heterocycles. The molecule has 0 unspecified atom stereocenters. The lowest BCUT2D eigenvalue weighted by Gasteiger charge is -2.32. The number of amides is 3. The molecule has 1 saturated heterocycles. The molecule has 7 heteroatoms. The summed E-state index contributed by atoms with van der Waals surface area (Å²) in [5.74, 6) is -0.666. The molecule has 0 spiro atoms. The van der Waals surface area contributed by atoms with Crippen LogP contribution in [0.2, 0.25) is 0 Å². The SMILES string of the molecule is O=CN1CCN(C(=O)c2ccc(C(=O)NCCc3ccccc3F)cc2)CC1. The monoisotopic (exact) mass is 383 g/mol. The van der Waals surface area contributed by atoms with Gasteiger partial charge in [0.15, 0.2) is 0 Å².